The molecule has 3 aromatic rings. The molecule has 150 valence electrons. The van der Waals surface area contributed by atoms with Crippen LogP contribution in [-0.4, -0.2) is 24.0 Å². The molecule has 0 saturated heterocycles. The van der Waals surface area contributed by atoms with Gasteiger partial charge in [0.1, 0.15) is 11.5 Å². The molecule has 0 aliphatic carbocycles. The normalized spacial score (nSPS) is 12.7. The smallest absolute Gasteiger partial charge is 0.279 e. The van der Waals surface area contributed by atoms with Crippen molar-refractivity contribution >= 4 is 22.6 Å². The second kappa shape index (κ2) is 9.10. The third-order valence-electron chi connectivity index (χ3n) is 4.38. The van der Waals surface area contributed by atoms with Crippen molar-refractivity contribution < 1.29 is 19.1 Å². The van der Waals surface area contributed by atoms with E-state index >= 15 is 0 Å². The maximum absolute atomic E-state index is 12.2. The van der Waals surface area contributed by atoms with Gasteiger partial charge < -0.3 is 9.47 Å². The summed E-state index contributed by atoms with van der Waals surface area (Å²) >= 11 is 0. The minimum absolute atomic E-state index is 0.460. The van der Waals surface area contributed by atoms with E-state index in [-0.39, 0.29) is 0 Å². The van der Waals surface area contributed by atoms with Crippen molar-refractivity contribution in [2.75, 3.05) is 0 Å². The molecule has 6 nitrogen and oxygen atoms in total. The molecule has 2 atom stereocenters. The molecule has 3 rings (SSSR count). The molecular formula is C23H24N2O4. The standard InChI is InChI=1S/C23H24N2O4/c1-15-7-6-10-20(13-15)28-16(2)22(26)24-25-23(27)17(3)29-21-12-11-18-8-4-5-9-19(18)14-21/h4-14,16-17H,1-3H3,(H,24,26)(H,25,27). The lowest BCUT2D eigenvalue weighted by atomic mass is 10.1. The molecule has 2 amide bonds. The Balaban J connectivity index is 1.50. The molecule has 0 saturated carbocycles. The van der Waals surface area contributed by atoms with Gasteiger partial charge in [-0.1, -0.05) is 42.5 Å². The first-order chi connectivity index (χ1) is 13.9. The monoisotopic (exact) mass is 392 g/mol. The van der Waals surface area contributed by atoms with Crippen LogP contribution in [0.2, 0.25) is 0 Å². The number of hydrogen-bond acceptors (Lipinski definition) is 4. The van der Waals surface area contributed by atoms with E-state index in [0.29, 0.717) is 11.5 Å². The molecular weight excluding hydrogens is 368 g/mol. The molecule has 0 bridgehead atoms. The van der Waals surface area contributed by atoms with Crippen LogP contribution in [0.5, 0.6) is 11.5 Å². The van der Waals surface area contributed by atoms with Gasteiger partial charge in [0.15, 0.2) is 12.2 Å². The average molecular weight is 392 g/mol. The van der Waals surface area contributed by atoms with Gasteiger partial charge in [-0.2, -0.15) is 0 Å². The number of rotatable bonds is 6. The van der Waals surface area contributed by atoms with Crippen molar-refractivity contribution in [2.45, 2.75) is 33.0 Å². The van der Waals surface area contributed by atoms with Crippen LogP contribution >= 0.6 is 0 Å². The Bertz CT molecular complexity index is 1020. The van der Waals surface area contributed by atoms with Gasteiger partial charge in [-0.05, 0) is 61.4 Å². The molecule has 0 spiro atoms. The van der Waals surface area contributed by atoms with Crippen LogP contribution in [0.3, 0.4) is 0 Å². The summed E-state index contributed by atoms with van der Waals surface area (Å²) in [5, 5.41) is 2.11. The fourth-order valence-electron chi connectivity index (χ4n) is 2.77. The van der Waals surface area contributed by atoms with Crippen LogP contribution < -0.4 is 20.3 Å². The van der Waals surface area contributed by atoms with E-state index < -0.39 is 24.0 Å². The maximum atomic E-state index is 12.2. The summed E-state index contributed by atoms with van der Waals surface area (Å²) in [5.74, 6) is 0.243. The Kier molecular flexibility index (Phi) is 6.34. The Hall–Kier alpha value is -3.54. The summed E-state index contributed by atoms with van der Waals surface area (Å²) in [4.78, 5) is 24.4. The van der Waals surface area contributed by atoms with E-state index in [1.807, 2.05) is 67.6 Å². The minimum Gasteiger partial charge on any atom is -0.481 e. The van der Waals surface area contributed by atoms with Crippen molar-refractivity contribution in [1.29, 1.82) is 0 Å². The molecule has 3 aromatic carbocycles. The lowest BCUT2D eigenvalue weighted by Crippen LogP contribution is -2.50. The summed E-state index contributed by atoms with van der Waals surface area (Å²) in [5.41, 5.74) is 5.77. The topological polar surface area (TPSA) is 76.7 Å². The second-order valence-electron chi connectivity index (χ2n) is 6.82. The number of hydrazine groups is 1. The molecule has 0 heterocycles. The van der Waals surface area contributed by atoms with Gasteiger partial charge in [0.25, 0.3) is 11.8 Å². The Labute approximate surface area is 169 Å². The van der Waals surface area contributed by atoms with E-state index in [9.17, 15) is 9.59 Å². The molecule has 0 fully saturated rings. The van der Waals surface area contributed by atoms with Gasteiger partial charge in [-0.25, -0.2) is 0 Å². The Morgan fingerprint density at radius 2 is 1.31 bits per heavy atom. The summed E-state index contributed by atoms with van der Waals surface area (Å²) in [6, 6.07) is 20.9. The number of carbonyl (C=O) groups excluding carboxylic acids is 2. The highest BCUT2D eigenvalue weighted by molar-refractivity contribution is 5.87. The summed E-state index contributed by atoms with van der Waals surface area (Å²) in [6.45, 7) is 5.16. The number of benzene rings is 3. The molecule has 0 aromatic heterocycles. The van der Waals surface area contributed by atoms with Crippen LogP contribution in [0.1, 0.15) is 19.4 Å². The number of hydrogen-bond donors (Lipinski definition) is 2. The fourth-order valence-corrected chi connectivity index (χ4v) is 2.77. The summed E-state index contributed by atoms with van der Waals surface area (Å²) in [7, 11) is 0. The molecule has 0 aliphatic rings. The van der Waals surface area contributed by atoms with Gasteiger partial charge in [0, 0.05) is 0 Å². The maximum Gasteiger partial charge on any atom is 0.279 e. The number of amides is 2. The van der Waals surface area contributed by atoms with Crippen molar-refractivity contribution in [3.05, 3.63) is 72.3 Å². The highest BCUT2D eigenvalue weighted by Gasteiger charge is 2.19. The lowest BCUT2D eigenvalue weighted by molar-refractivity contribution is -0.135. The third-order valence-corrected chi connectivity index (χ3v) is 4.38. The van der Waals surface area contributed by atoms with Crippen LogP contribution in [0.15, 0.2) is 66.7 Å². The molecule has 29 heavy (non-hydrogen) atoms. The summed E-state index contributed by atoms with van der Waals surface area (Å²) in [6.07, 6.45) is -1.56. The first-order valence-corrected chi connectivity index (χ1v) is 9.41. The average Bonchev–Trinajstić information content (AvgIpc) is 2.71. The SMILES string of the molecule is Cc1cccc(OC(C)C(=O)NNC(=O)C(C)Oc2ccc3ccccc3c2)c1. The summed E-state index contributed by atoms with van der Waals surface area (Å²) < 4.78 is 11.3. The number of nitrogens with one attached hydrogen (secondary N) is 2. The van der Waals surface area contributed by atoms with Crippen molar-refractivity contribution in [2.24, 2.45) is 0 Å². The highest BCUT2D eigenvalue weighted by Crippen LogP contribution is 2.21. The van der Waals surface area contributed by atoms with Crippen LogP contribution in [0.25, 0.3) is 10.8 Å². The molecule has 2 N–H and O–H groups in total. The van der Waals surface area contributed by atoms with E-state index in [4.69, 9.17) is 9.47 Å². The van der Waals surface area contributed by atoms with Crippen molar-refractivity contribution in [3.63, 3.8) is 0 Å². The van der Waals surface area contributed by atoms with Crippen molar-refractivity contribution in [1.82, 2.24) is 10.9 Å². The largest absolute Gasteiger partial charge is 0.481 e. The Morgan fingerprint density at radius 3 is 1.93 bits per heavy atom. The fraction of sp³-hybridized carbons (Fsp3) is 0.217. The van der Waals surface area contributed by atoms with E-state index in [0.717, 1.165) is 16.3 Å². The third kappa shape index (κ3) is 5.48. The number of fused-ring (bicyclic) bond motifs is 1. The number of carbonyl (C=O) groups is 2. The molecule has 0 aliphatic heterocycles. The van der Waals surface area contributed by atoms with Gasteiger partial charge >= 0.3 is 0 Å². The zero-order valence-corrected chi connectivity index (χ0v) is 16.6. The van der Waals surface area contributed by atoms with Gasteiger partial charge in [-0.3, -0.25) is 20.4 Å². The predicted molar refractivity (Wildman–Crippen MR) is 112 cm³/mol. The lowest BCUT2D eigenvalue weighted by Gasteiger charge is -2.18. The van der Waals surface area contributed by atoms with Crippen LogP contribution in [0, 0.1) is 6.92 Å². The second-order valence-corrected chi connectivity index (χ2v) is 6.82. The number of ether oxygens (including phenoxy) is 2. The number of aryl methyl sites for hydroxylation is 1. The van der Waals surface area contributed by atoms with Crippen LogP contribution in [-0.2, 0) is 9.59 Å². The molecule has 2 unspecified atom stereocenters. The van der Waals surface area contributed by atoms with E-state index in [1.165, 1.54) is 0 Å². The Morgan fingerprint density at radius 1 is 0.724 bits per heavy atom. The predicted octanol–water partition coefficient (Wildman–Crippen LogP) is 3.53. The quantitative estimate of drug-likeness (QED) is 0.629. The van der Waals surface area contributed by atoms with Gasteiger partial charge in [0.05, 0.1) is 0 Å². The first-order valence-electron chi connectivity index (χ1n) is 9.41. The zero-order valence-electron chi connectivity index (χ0n) is 16.6. The van der Waals surface area contributed by atoms with E-state index in [2.05, 4.69) is 10.9 Å². The minimum atomic E-state index is -0.788. The van der Waals surface area contributed by atoms with Gasteiger partial charge in [-0.15, -0.1) is 0 Å². The zero-order chi connectivity index (χ0) is 20.8. The van der Waals surface area contributed by atoms with Crippen LogP contribution in [0.4, 0.5) is 0 Å². The van der Waals surface area contributed by atoms with Gasteiger partial charge in [0.2, 0.25) is 0 Å². The van der Waals surface area contributed by atoms with E-state index in [1.54, 1.807) is 19.9 Å². The molecule has 6 heteroatoms. The van der Waals surface area contributed by atoms with Crippen molar-refractivity contribution in [3.8, 4) is 11.5 Å². The first kappa shape index (κ1) is 20.2. The highest BCUT2D eigenvalue weighted by atomic mass is 16.5. The molecule has 0 radical (unpaired) electrons.